The molecule has 4 aromatic rings. The second kappa shape index (κ2) is 10.7. The van der Waals surface area contributed by atoms with E-state index in [0.717, 1.165) is 10.1 Å². The van der Waals surface area contributed by atoms with Crippen molar-refractivity contribution < 1.29 is 23.1 Å². The molecule has 0 saturated carbocycles. The van der Waals surface area contributed by atoms with Gasteiger partial charge in [-0.1, -0.05) is 53.5 Å². The van der Waals surface area contributed by atoms with Crippen LogP contribution in [0.15, 0.2) is 71.8 Å². The summed E-state index contributed by atoms with van der Waals surface area (Å²) in [5, 5.41) is 11.0. The van der Waals surface area contributed by atoms with Crippen LogP contribution in [0.25, 0.3) is 22.2 Å². The van der Waals surface area contributed by atoms with Crippen LogP contribution in [0.5, 0.6) is 0 Å². The molecule has 196 valence electrons. The van der Waals surface area contributed by atoms with Gasteiger partial charge in [0.2, 0.25) is 0 Å². The molecule has 1 aromatic heterocycles. The Morgan fingerprint density at radius 2 is 1.68 bits per heavy atom. The molecule has 0 spiro atoms. The van der Waals surface area contributed by atoms with E-state index in [-0.39, 0.29) is 20.6 Å². The van der Waals surface area contributed by atoms with E-state index in [4.69, 9.17) is 32.9 Å². The number of halogens is 2. The fourth-order valence-electron chi connectivity index (χ4n) is 4.38. The number of carboxylic acid groups (broad SMARTS) is 1. The second-order valence-electron chi connectivity index (χ2n) is 8.53. The average Bonchev–Trinajstić information content (AvgIpc) is 2.91. The maximum Gasteiger partial charge on any atom is 0.324 e. The number of ether oxygens (including phenoxy) is 1. The number of benzene rings is 3. The first-order valence-corrected chi connectivity index (χ1v) is 13.8. The van der Waals surface area contributed by atoms with E-state index in [1.165, 1.54) is 18.2 Å². The zero-order chi connectivity index (χ0) is 26.9. The summed E-state index contributed by atoms with van der Waals surface area (Å²) in [4.78, 5) is 22.9. The van der Waals surface area contributed by atoms with Crippen molar-refractivity contribution in [2.45, 2.75) is 4.90 Å². The largest absolute Gasteiger partial charge is 0.480 e. The van der Waals surface area contributed by atoms with E-state index in [1.807, 2.05) is 18.2 Å². The summed E-state index contributed by atoms with van der Waals surface area (Å²) in [6.07, 6.45) is 1.68. The average molecular weight is 573 g/mol. The third-order valence-electron chi connectivity index (χ3n) is 6.09. The Balaban J connectivity index is 1.64. The van der Waals surface area contributed by atoms with E-state index >= 15 is 0 Å². The molecule has 3 aromatic carbocycles. The number of sulfonamides is 1. The molecule has 38 heavy (non-hydrogen) atoms. The molecule has 12 heteroatoms. The molecule has 5 rings (SSSR count). The number of carbonyl (C=O) groups is 1. The molecule has 1 saturated heterocycles. The van der Waals surface area contributed by atoms with Crippen molar-refractivity contribution in [3.63, 3.8) is 0 Å². The Morgan fingerprint density at radius 3 is 2.39 bits per heavy atom. The third-order valence-corrected chi connectivity index (χ3v) is 8.26. The van der Waals surface area contributed by atoms with Crippen LogP contribution in [0.1, 0.15) is 0 Å². The van der Waals surface area contributed by atoms with Crippen LogP contribution in [0.2, 0.25) is 10.0 Å². The quantitative estimate of drug-likeness (QED) is 0.338. The van der Waals surface area contributed by atoms with Gasteiger partial charge < -0.3 is 14.7 Å². The van der Waals surface area contributed by atoms with Crippen LogP contribution in [-0.2, 0) is 19.6 Å². The van der Waals surface area contributed by atoms with Crippen molar-refractivity contribution in [1.29, 1.82) is 0 Å². The predicted octanol–water partition coefficient (Wildman–Crippen LogP) is 4.72. The molecular weight excluding hydrogens is 551 g/mol. The van der Waals surface area contributed by atoms with Crippen molar-refractivity contribution in [1.82, 2.24) is 9.97 Å². The first kappa shape index (κ1) is 26.2. The number of hydrogen-bond acceptors (Lipinski definition) is 7. The summed E-state index contributed by atoms with van der Waals surface area (Å²) >= 11 is 12.1. The monoisotopic (exact) mass is 572 g/mol. The maximum atomic E-state index is 13.7. The van der Waals surface area contributed by atoms with Gasteiger partial charge in [0.25, 0.3) is 10.0 Å². The fourth-order valence-corrected chi connectivity index (χ4v) is 6.54. The molecule has 0 amide bonds. The van der Waals surface area contributed by atoms with Gasteiger partial charge in [-0.05, 0) is 35.7 Å². The van der Waals surface area contributed by atoms with Gasteiger partial charge in [-0.25, -0.2) is 18.4 Å². The first-order valence-electron chi connectivity index (χ1n) is 11.6. The summed E-state index contributed by atoms with van der Waals surface area (Å²) in [6.45, 7) is 1.85. The number of fused-ring (bicyclic) bond motifs is 1. The first-order chi connectivity index (χ1) is 18.2. The van der Waals surface area contributed by atoms with Crippen LogP contribution in [0, 0.1) is 0 Å². The maximum absolute atomic E-state index is 13.7. The van der Waals surface area contributed by atoms with Gasteiger partial charge in [0, 0.05) is 40.3 Å². The number of anilines is 2. The molecule has 1 fully saturated rings. The van der Waals surface area contributed by atoms with Crippen LogP contribution in [0.4, 0.5) is 11.5 Å². The van der Waals surface area contributed by atoms with Gasteiger partial charge in [-0.2, -0.15) is 0 Å². The van der Waals surface area contributed by atoms with Crippen LogP contribution < -0.4 is 9.21 Å². The highest BCUT2D eigenvalue weighted by Crippen LogP contribution is 2.36. The number of nitrogens with zero attached hydrogens (tertiary/aromatic N) is 4. The molecule has 0 bridgehead atoms. The van der Waals surface area contributed by atoms with E-state index in [1.54, 1.807) is 30.5 Å². The third kappa shape index (κ3) is 5.25. The summed E-state index contributed by atoms with van der Waals surface area (Å²) < 4.78 is 33.7. The van der Waals surface area contributed by atoms with Crippen molar-refractivity contribution >= 4 is 61.5 Å². The molecule has 1 N–H and O–H groups in total. The summed E-state index contributed by atoms with van der Waals surface area (Å²) in [7, 11) is -4.35. The van der Waals surface area contributed by atoms with Crippen LogP contribution in [0.3, 0.4) is 0 Å². The van der Waals surface area contributed by atoms with Crippen molar-refractivity contribution in [3.05, 3.63) is 76.9 Å². The lowest BCUT2D eigenvalue weighted by atomic mass is 10.0. The van der Waals surface area contributed by atoms with Crippen molar-refractivity contribution in [2.24, 2.45) is 0 Å². The molecule has 2 heterocycles. The topological polar surface area (TPSA) is 113 Å². The van der Waals surface area contributed by atoms with E-state index < -0.39 is 22.5 Å². The minimum absolute atomic E-state index is 0.115. The van der Waals surface area contributed by atoms with Crippen molar-refractivity contribution in [2.75, 3.05) is 42.1 Å². The van der Waals surface area contributed by atoms with E-state index in [2.05, 4.69) is 9.88 Å². The number of morpholine rings is 1. The normalized spacial score (nSPS) is 14.0. The lowest BCUT2D eigenvalue weighted by molar-refractivity contribution is -0.135. The Morgan fingerprint density at radius 1 is 1.00 bits per heavy atom. The van der Waals surface area contributed by atoms with Crippen molar-refractivity contribution in [3.8, 4) is 11.4 Å². The Hall–Kier alpha value is -3.44. The minimum Gasteiger partial charge on any atom is -0.480 e. The van der Waals surface area contributed by atoms with Crippen LogP contribution in [-0.4, -0.2) is 62.3 Å². The SMILES string of the molecule is O=C(O)CN(c1cccc2c(-c3nccc(N4CCOCC4)n3)cccc12)S(=O)(=O)c1cc(Cl)cc(Cl)c1. The highest BCUT2D eigenvalue weighted by atomic mass is 35.5. The molecule has 0 unspecified atom stereocenters. The van der Waals surface area contributed by atoms with Crippen LogP contribution >= 0.6 is 23.2 Å². The fraction of sp³-hybridized carbons (Fsp3) is 0.192. The zero-order valence-electron chi connectivity index (χ0n) is 19.9. The molecule has 0 atom stereocenters. The number of aromatic nitrogens is 2. The van der Waals surface area contributed by atoms with Gasteiger partial charge >= 0.3 is 5.97 Å². The molecular formula is C26H22Cl2N4O5S. The van der Waals surface area contributed by atoms with E-state index in [9.17, 15) is 18.3 Å². The number of rotatable bonds is 7. The Bertz CT molecular complexity index is 1610. The molecule has 9 nitrogen and oxygen atoms in total. The molecule has 0 radical (unpaired) electrons. The minimum atomic E-state index is -4.35. The second-order valence-corrected chi connectivity index (χ2v) is 11.3. The van der Waals surface area contributed by atoms with Gasteiger partial charge in [0.1, 0.15) is 12.4 Å². The lowest BCUT2D eigenvalue weighted by Crippen LogP contribution is -2.36. The highest BCUT2D eigenvalue weighted by molar-refractivity contribution is 7.92. The smallest absolute Gasteiger partial charge is 0.324 e. The summed E-state index contributed by atoms with van der Waals surface area (Å²) in [5.41, 5.74) is 0.866. The highest BCUT2D eigenvalue weighted by Gasteiger charge is 2.29. The van der Waals surface area contributed by atoms with Gasteiger partial charge in [0.15, 0.2) is 5.82 Å². The standard InChI is InChI=1S/C26H22Cl2N4O5S/c27-17-13-18(28)15-19(14-17)38(35,36)32(16-25(33)34)23-6-2-3-20-21(23)4-1-5-22(20)26-29-8-7-24(30-26)31-9-11-37-12-10-31/h1-8,13-15H,9-12,16H2,(H,33,34). The molecule has 0 aliphatic carbocycles. The number of carboxylic acids is 1. The van der Waals surface area contributed by atoms with Gasteiger partial charge in [0.05, 0.1) is 23.8 Å². The Labute approximate surface area is 229 Å². The molecule has 1 aliphatic heterocycles. The predicted molar refractivity (Wildman–Crippen MR) is 147 cm³/mol. The molecule has 1 aliphatic rings. The summed E-state index contributed by atoms with van der Waals surface area (Å²) in [6, 6.07) is 16.1. The summed E-state index contributed by atoms with van der Waals surface area (Å²) in [5.74, 6) is -0.0956. The van der Waals surface area contributed by atoms with Gasteiger partial charge in [-0.3, -0.25) is 9.10 Å². The van der Waals surface area contributed by atoms with E-state index in [0.29, 0.717) is 48.5 Å². The lowest BCUT2D eigenvalue weighted by Gasteiger charge is -2.28. The number of aliphatic carboxylic acids is 1. The number of hydrogen-bond donors (Lipinski definition) is 1. The Kier molecular flexibility index (Phi) is 7.40. The van der Waals surface area contributed by atoms with Gasteiger partial charge in [-0.15, -0.1) is 0 Å². The zero-order valence-corrected chi connectivity index (χ0v) is 22.2.